The van der Waals surface area contributed by atoms with E-state index in [1.807, 2.05) is 19.1 Å². The molecule has 2 aromatic rings. The molecular formula is C22H25ClN2O2S. The summed E-state index contributed by atoms with van der Waals surface area (Å²) >= 11 is 7.52. The number of benzene rings is 1. The second-order valence-corrected chi connectivity index (χ2v) is 8.79. The number of carbonyl (C=O) groups is 1. The molecule has 6 heteroatoms. The number of hydrogen-bond acceptors (Lipinski definition) is 4. The molecule has 28 heavy (non-hydrogen) atoms. The Morgan fingerprint density at radius 2 is 2.29 bits per heavy atom. The predicted octanol–water partition coefficient (Wildman–Crippen LogP) is 5.89. The fourth-order valence-corrected chi connectivity index (χ4v) is 5.14. The van der Waals surface area contributed by atoms with Gasteiger partial charge in [0, 0.05) is 16.3 Å². The lowest BCUT2D eigenvalue weighted by molar-refractivity contribution is -0.116. The van der Waals surface area contributed by atoms with Gasteiger partial charge in [-0.2, -0.15) is 5.26 Å². The van der Waals surface area contributed by atoms with Crippen LogP contribution in [-0.4, -0.2) is 12.5 Å². The summed E-state index contributed by atoms with van der Waals surface area (Å²) in [5, 5.41) is 13.9. The Morgan fingerprint density at radius 3 is 3.00 bits per heavy atom. The summed E-state index contributed by atoms with van der Waals surface area (Å²) in [6.07, 6.45) is 5.22. The first-order valence-electron chi connectivity index (χ1n) is 9.75. The number of ether oxygens (including phenoxy) is 1. The third kappa shape index (κ3) is 4.87. The predicted molar refractivity (Wildman–Crippen MR) is 114 cm³/mol. The molecule has 3 rings (SSSR count). The van der Waals surface area contributed by atoms with Crippen molar-refractivity contribution in [3.05, 3.63) is 44.8 Å². The van der Waals surface area contributed by atoms with Gasteiger partial charge in [-0.05, 0) is 67.9 Å². The highest BCUT2D eigenvalue weighted by Crippen LogP contribution is 2.40. The highest BCUT2D eigenvalue weighted by atomic mass is 35.5. The van der Waals surface area contributed by atoms with Crippen molar-refractivity contribution in [3.63, 3.8) is 0 Å². The van der Waals surface area contributed by atoms with Crippen molar-refractivity contribution in [2.24, 2.45) is 5.92 Å². The van der Waals surface area contributed by atoms with Crippen molar-refractivity contribution in [3.8, 4) is 11.8 Å². The van der Waals surface area contributed by atoms with Crippen molar-refractivity contribution in [1.82, 2.24) is 0 Å². The van der Waals surface area contributed by atoms with Crippen molar-refractivity contribution in [1.29, 1.82) is 5.26 Å². The lowest BCUT2D eigenvalue weighted by atomic mass is 9.86. The molecule has 1 aliphatic carbocycles. The molecule has 0 aliphatic heterocycles. The zero-order valence-corrected chi connectivity index (χ0v) is 17.9. The third-order valence-electron chi connectivity index (χ3n) is 5.25. The van der Waals surface area contributed by atoms with E-state index < -0.39 is 0 Å². The number of nitriles is 1. The number of thiophene rings is 1. The standard InChI is InChI=1S/C22H25ClN2O2S/c1-3-15-6-8-17-18(13-24)22(28-20(17)12-15)25-21(26)5-4-10-27-19-9-7-16(23)11-14(19)2/h7,9,11,15H,3-6,8,10,12H2,1-2H3,(H,25,26)/t15-/m1/s1. The van der Waals surface area contributed by atoms with Gasteiger partial charge in [-0.15, -0.1) is 11.3 Å². The quantitative estimate of drug-likeness (QED) is 0.572. The van der Waals surface area contributed by atoms with Gasteiger partial charge >= 0.3 is 0 Å². The van der Waals surface area contributed by atoms with E-state index >= 15 is 0 Å². The van der Waals surface area contributed by atoms with Crippen molar-refractivity contribution < 1.29 is 9.53 Å². The number of nitrogens with zero attached hydrogens (tertiary/aromatic N) is 1. The summed E-state index contributed by atoms with van der Waals surface area (Å²) < 4.78 is 5.74. The number of halogens is 1. The first-order valence-corrected chi connectivity index (χ1v) is 10.9. The van der Waals surface area contributed by atoms with Gasteiger partial charge in [-0.3, -0.25) is 4.79 Å². The zero-order chi connectivity index (χ0) is 20.1. The third-order valence-corrected chi connectivity index (χ3v) is 6.66. The average Bonchev–Trinajstić information content (AvgIpc) is 3.02. The summed E-state index contributed by atoms with van der Waals surface area (Å²) in [5.74, 6) is 1.40. The van der Waals surface area contributed by atoms with Crippen LogP contribution in [0.3, 0.4) is 0 Å². The minimum atomic E-state index is -0.0708. The summed E-state index contributed by atoms with van der Waals surface area (Å²) in [6.45, 7) is 4.61. The molecule has 1 amide bonds. The van der Waals surface area contributed by atoms with E-state index in [-0.39, 0.29) is 5.91 Å². The van der Waals surface area contributed by atoms with Gasteiger partial charge in [0.25, 0.3) is 0 Å². The van der Waals surface area contributed by atoms with Crippen molar-refractivity contribution >= 4 is 33.8 Å². The smallest absolute Gasteiger partial charge is 0.225 e. The summed E-state index contributed by atoms with van der Waals surface area (Å²) in [4.78, 5) is 13.6. The molecule has 1 aliphatic rings. The van der Waals surface area contributed by atoms with Gasteiger partial charge in [0.2, 0.25) is 5.91 Å². The van der Waals surface area contributed by atoms with E-state index in [4.69, 9.17) is 16.3 Å². The summed E-state index contributed by atoms with van der Waals surface area (Å²) in [7, 11) is 0. The van der Waals surface area contributed by atoms with Gasteiger partial charge in [0.05, 0.1) is 12.2 Å². The van der Waals surface area contributed by atoms with Crippen molar-refractivity contribution in [2.45, 2.75) is 52.4 Å². The van der Waals surface area contributed by atoms with Crippen LogP contribution < -0.4 is 10.1 Å². The molecule has 4 nitrogen and oxygen atoms in total. The monoisotopic (exact) mass is 416 g/mol. The number of aryl methyl sites for hydroxylation is 1. The largest absolute Gasteiger partial charge is 0.493 e. The molecule has 0 unspecified atom stereocenters. The Hall–Kier alpha value is -2.03. The van der Waals surface area contributed by atoms with Crippen LogP contribution >= 0.6 is 22.9 Å². The molecule has 1 atom stereocenters. The van der Waals surface area contributed by atoms with Gasteiger partial charge in [0.1, 0.15) is 16.8 Å². The first-order chi connectivity index (χ1) is 13.5. The van der Waals surface area contributed by atoms with Crippen LogP contribution in [0.5, 0.6) is 5.75 Å². The molecule has 0 saturated carbocycles. The number of carbonyl (C=O) groups excluding carboxylic acids is 1. The van der Waals surface area contributed by atoms with E-state index in [9.17, 15) is 10.1 Å². The molecule has 0 fully saturated rings. The summed E-state index contributed by atoms with van der Waals surface area (Å²) in [6, 6.07) is 7.79. The minimum absolute atomic E-state index is 0.0708. The molecule has 0 bridgehead atoms. The fourth-order valence-electron chi connectivity index (χ4n) is 3.59. The molecule has 0 spiro atoms. The van der Waals surface area contributed by atoms with E-state index in [0.29, 0.717) is 41.0 Å². The van der Waals surface area contributed by atoms with Crippen LogP contribution in [0.2, 0.25) is 5.02 Å². The Bertz CT molecular complexity index is 901. The summed E-state index contributed by atoms with van der Waals surface area (Å²) in [5.41, 5.74) is 2.79. The number of hydrogen-bond donors (Lipinski definition) is 1. The van der Waals surface area contributed by atoms with Crippen LogP contribution in [0.1, 0.15) is 54.2 Å². The number of fused-ring (bicyclic) bond motifs is 1. The Morgan fingerprint density at radius 1 is 1.46 bits per heavy atom. The van der Waals surface area contributed by atoms with Crippen LogP contribution in [0.25, 0.3) is 0 Å². The van der Waals surface area contributed by atoms with Gasteiger partial charge < -0.3 is 10.1 Å². The second kappa shape index (κ2) is 9.45. The minimum Gasteiger partial charge on any atom is -0.493 e. The fraction of sp³-hybridized carbons (Fsp3) is 0.455. The van der Waals surface area contributed by atoms with Gasteiger partial charge in [-0.25, -0.2) is 0 Å². The van der Waals surface area contributed by atoms with Crippen LogP contribution in [0, 0.1) is 24.2 Å². The number of amides is 1. The highest BCUT2D eigenvalue weighted by Gasteiger charge is 2.25. The highest BCUT2D eigenvalue weighted by molar-refractivity contribution is 7.16. The van der Waals surface area contributed by atoms with Crippen molar-refractivity contribution in [2.75, 3.05) is 11.9 Å². The molecule has 1 N–H and O–H groups in total. The van der Waals surface area contributed by atoms with E-state index in [2.05, 4.69) is 18.3 Å². The maximum Gasteiger partial charge on any atom is 0.225 e. The van der Waals surface area contributed by atoms with Crippen LogP contribution in [0.15, 0.2) is 18.2 Å². The van der Waals surface area contributed by atoms with E-state index in [1.165, 1.54) is 4.88 Å². The number of rotatable bonds is 7. The van der Waals surface area contributed by atoms with E-state index in [0.717, 1.165) is 42.6 Å². The Kier molecular flexibility index (Phi) is 6.98. The topological polar surface area (TPSA) is 62.1 Å². The number of nitrogens with one attached hydrogen (secondary N) is 1. The molecule has 1 aromatic heterocycles. The van der Waals surface area contributed by atoms with Gasteiger partial charge in [-0.1, -0.05) is 24.9 Å². The molecule has 1 aromatic carbocycles. The number of anilines is 1. The maximum absolute atomic E-state index is 12.4. The van der Waals surface area contributed by atoms with Crippen LogP contribution in [-0.2, 0) is 17.6 Å². The Labute approximate surface area is 175 Å². The lowest BCUT2D eigenvalue weighted by Crippen LogP contribution is -2.13. The molecule has 0 saturated heterocycles. The molecule has 148 valence electrons. The van der Waals surface area contributed by atoms with Crippen LogP contribution in [0.4, 0.5) is 5.00 Å². The van der Waals surface area contributed by atoms with Gasteiger partial charge in [0.15, 0.2) is 0 Å². The second-order valence-electron chi connectivity index (χ2n) is 7.25. The Balaban J connectivity index is 1.52. The first kappa shape index (κ1) is 20.7. The molecule has 0 radical (unpaired) electrons. The van der Waals surface area contributed by atoms with E-state index in [1.54, 1.807) is 17.4 Å². The average molecular weight is 417 g/mol. The molecule has 1 heterocycles. The molecular weight excluding hydrogens is 392 g/mol. The normalized spacial score (nSPS) is 15.6. The maximum atomic E-state index is 12.4. The zero-order valence-electron chi connectivity index (χ0n) is 16.3. The SMILES string of the molecule is CC[C@@H]1CCc2c(sc(NC(=O)CCCOc3ccc(Cl)cc3C)c2C#N)C1. The lowest BCUT2D eigenvalue weighted by Gasteiger charge is -2.20.